The fourth-order valence-corrected chi connectivity index (χ4v) is 1.51. The van der Waals surface area contributed by atoms with Crippen molar-refractivity contribution in [2.75, 3.05) is 6.61 Å². The molecule has 88 valence electrons. The monoisotopic (exact) mass is 244 g/mol. The van der Waals surface area contributed by atoms with E-state index >= 15 is 0 Å². The highest BCUT2D eigenvalue weighted by molar-refractivity contribution is 5.81. The summed E-state index contributed by atoms with van der Waals surface area (Å²) in [6, 6.07) is 3.17. The first-order valence-corrected chi connectivity index (χ1v) is 4.72. The number of quaternary nitrogens is 1. The summed E-state index contributed by atoms with van der Waals surface area (Å²) in [6.45, 7) is -0.207. The number of nitrogens with zero attached hydrogens (tertiary/aromatic N) is 1. The van der Waals surface area contributed by atoms with Crippen LogP contribution in [0.3, 0.4) is 0 Å². The number of carbonyl (C=O) groups is 1. The van der Waals surface area contributed by atoms with Gasteiger partial charge in [-0.3, -0.25) is 9.78 Å². The molecule has 0 radical (unpaired) electrons. The minimum atomic E-state index is -0.548. The number of hydrogen-bond acceptors (Lipinski definition) is 4. The van der Waals surface area contributed by atoms with Crippen molar-refractivity contribution in [2.24, 2.45) is 0 Å². The van der Waals surface area contributed by atoms with Crippen LogP contribution in [-0.4, -0.2) is 28.6 Å². The third-order valence-corrected chi connectivity index (χ3v) is 2.34. The zero-order valence-corrected chi connectivity index (χ0v) is 9.19. The molecule has 0 saturated carbocycles. The summed E-state index contributed by atoms with van der Waals surface area (Å²) in [4.78, 5) is 15.1. The van der Waals surface area contributed by atoms with Gasteiger partial charge in [0, 0.05) is 18.0 Å². The van der Waals surface area contributed by atoms with Crippen molar-refractivity contribution in [1.82, 2.24) is 15.7 Å². The molecule has 1 saturated heterocycles. The highest BCUT2D eigenvalue weighted by atomic mass is 35.5. The Morgan fingerprint density at radius 1 is 1.44 bits per heavy atom. The number of halogens is 1. The first-order chi connectivity index (χ1) is 7.31. The van der Waals surface area contributed by atoms with Crippen LogP contribution >= 0.6 is 0 Å². The average Bonchev–Trinajstić information content (AvgIpc) is 2.31. The van der Waals surface area contributed by atoms with Crippen LogP contribution in [0.15, 0.2) is 24.5 Å². The number of rotatable bonds is 2. The summed E-state index contributed by atoms with van der Waals surface area (Å²) in [6.07, 6.45) is 3.30. The Morgan fingerprint density at radius 3 is 2.75 bits per heavy atom. The van der Waals surface area contributed by atoms with Gasteiger partial charge in [0.05, 0.1) is 6.61 Å². The Labute approximate surface area is 98.8 Å². The van der Waals surface area contributed by atoms with E-state index in [-0.39, 0.29) is 31.1 Å². The maximum Gasteiger partial charge on any atom is 0.284 e. The first kappa shape index (κ1) is 12.9. The molecule has 2 rings (SSSR count). The van der Waals surface area contributed by atoms with Crippen LogP contribution in [0.1, 0.15) is 11.7 Å². The van der Waals surface area contributed by atoms with Gasteiger partial charge in [0.2, 0.25) is 0 Å². The summed E-state index contributed by atoms with van der Waals surface area (Å²) in [5, 5.41) is 12.0. The van der Waals surface area contributed by atoms with E-state index in [9.17, 15) is 4.79 Å². The van der Waals surface area contributed by atoms with Crippen molar-refractivity contribution in [3.8, 4) is 0 Å². The lowest BCUT2D eigenvalue weighted by Gasteiger charge is -2.27. The maximum absolute atomic E-state index is 11.2. The standard InChI is InChI=1S/C9H12N4O2.ClH/c14-5-7-9(15)13-12-8(11-7)6-1-3-10-4-2-6;/h1-4,7-8,11-12,14H,5H2,(H,13,15);1H. The van der Waals surface area contributed by atoms with E-state index in [1.807, 2.05) is 12.1 Å². The van der Waals surface area contributed by atoms with Crippen LogP contribution in [0.25, 0.3) is 0 Å². The lowest BCUT2D eigenvalue weighted by Crippen LogP contribution is -3.01. The number of aliphatic hydroxyl groups excluding tert-OH is 1. The lowest BCUT2D eigenvalue weighted by atomic mass is 10.1. The van der Waals surface area contributed by atoms with Crippen LogP contribution in [0, 0.1) is 0 Å². The Balaban J connectivity index is 0.00000128. The summed E-state index contributed by atoms with van der Waals surface area (Å²) in [5.41, 5.74) is 5.30. The Morgan fingerprint density at radius 2 is 2.12 bits per heavy atom. The molecule has 1 aromatic rings. The molecule has 1 aliphatic heterocycles. The van der Waals surface area contributed by atoms with Crippen molar-refractivity contribution >= 4 is 5.91 Å². The third kappa shape index (κ3) is 2.67. The minimum absolute atomic E-state index is 0. The average molecular weight is 245 g/mol. The molecule has 7 heteroatoms. The van der Waals surface area contributed by atoms with Gasteiger partial charge < -0.3 is 17.5 Å². The molecule has 2 heterocycles. The summed E-state index contributed by atoms with van der Waals surface area (Å²) in [7, 11) is 0. The second-order valence-corrected chi connectivity index (χ2v) is 3.34. The van der Waals surface area contributed by atoms with Crippen molar-refractivity contribution in [3.63, 3.8) is 0 Å². The smallest absolute Gasteiger partial charge is 0.284 e. The number of aromatic nitrogens is 1. The SMILES string of the molecule is O=C1N[NH2+]C(c2ccncc2)NC1CO.[Cl-]. The minimum Gasteiger partial charge on any atom is -1.00 e. The van der Waals surface area contributed by atoms with Gasteiger partial charge in [-0.05, 0) is 12.1 Å². The van der Waals surface area contributed by atoms with Crippen LogP contribution in [0.4, 0.5) is 0 Å². The van der Waals surface area contributed by atoms with Crippen molar-refractivity contribution in [3.05, 3.63) is 30.1 Å². The quantitative estimate of drug-likeness (QED) is 0.309. The van der Waals surface area contributed by atoms with E-state index in [4.69, 9.17) is 5.11 Å². The number of nitrogens with one attached hydrogen (secondary N) is 2. The molecule has 16 heavy (non-hydrogen) atoms. The van der Waals surface area contributed by atoms with Gasteiger partial charge >= 0.3 is 0 Å². The van der Waals surface area contributed by atoms with Crippen LogP contribution in [0.5, 0.6) is 0 Å². The predicted octanol–water partition coefficient (Wildman–Crippen LogP) is -5.36. The van der Waals surface area contributed by atoms with Crippen LogP contribution in [0.2, 0.25) is 0 Å². The van der Waals surface area contributed by atoms with E-state index in [0.29, 0.717) is 0 Å². The molecule has 0 bridgehead atoms. The van der Waals surface area contributed by atoms with Gasteiger partial charge in [-0.15, -0.1) is 0 Å². The molecule has 1 aliphatic rings. The van der Waals surface area contributed by atoms with E-state index in [2.05, 4.69) is 15.7 Å². The van der Waals surface area contributed by atoms with Crippen LogP contribution in [-0.2, 0) is 4.79 Å². The molecule has 2 atom stereocenters. The molecule has 0 aliphatic carbocycles. The van der Waals surface area contributed by atoms with E-state index in [0.717, 1.165) is 5.56 Å². The maximum atomic E-state index is 11.2. The molecule has 1 aromatic heterocycles. The lowest BCUT2D eigenvalue weighted by molar-refractivity contribution is -0.748. The Bertz CT molecular complexity index is 349. The molecular weight excluding hydrogens is 232 g/mol. The Kier molecular flexibility index (Phi) is 4.63. The fraction of sp³-hybridized carbons (Fsp3) is 0.333. The highest BCUT2D eigenvalue weighted by Crippen LogP contribution is 2.06. The number of nitrogens with two attached hydrogens (primary N) is 1. The predicted molar refractivity (Wildman–Crippen MR) is 51.1 cm³/mol. The highest BCUT2D eigenvalue weighted by Gasteiger charge is 2.30. The normalized spacial score (nSPS) is 24.4. The third-order valence-electron chi connectivity index (χ3n) is 2.34. The Hall–Kier alpha value is -1.21. The fourth-order valence-electron chi connectivity index (χ4n) is 1.51. The molecule has 0 spiro atoms. The second-order valence-electron chi connectivity index (χ2n) is 3.34. The van der Waals surface area contributed by atoms with Gasteiger partial charge in [0.1, 0.15) is 6.04 Å². The van der Waals surface area contributed by atoms with Crippen molar-refractivity contribution in [2.45, 2.75) is 12.2 Å². The number of aliphatic hydroxyl groups is 1. The topological polar surface area (TPSA) is 90.9 Å². The molecule has 1 amide bonds. The number of pyridine rings is 1. The molecule has 2 unspecified atom stereocenters. The largest absolute Gasteiger partial charge is 1.00 e. The molecule has 1 fully saturated rings. The van der Waals surface area contributed by atoms with Crippen molar-refractivity contribution in [1.29, 1.82) is 0 Å². The van der Waals surface area contributed by atoms with Gasteiger partial charge in [-0.1, -0.05) is 0 Å². The summed E-state index contributed by atoms with van der Waals surface area (Å²) < 4.78 is 0. The zero-order chi connectivity index (χ0) is 10.7. The van der Waals surface area contributed by atoms with Gasteiger partial charge in [0.15, 0.2) is 6.17 Å². The number of amides is 1. The number of hydrogen-bond donors (Lipinski definition) is 4. The number of carbonyl (C=O) groups excluding carboxylic acids is 1. The molecule has 0 aromatic carbocycles. The van der Waals surface area contributed by atoms with Crippen LogP contribution < -0.4 is 28.6 Å². The second kappa shape index (κ2) is 5.76. The van der Waals surface area contributed by atoms with Gasteiger partial charge in [-0.25, -0.2) is 16.2 Å². The van der Waals surface area contributed by atoms with E-state index in [1.54, 1.807) is 17.8 Å². The van der Waals surface area contributed by atoms with E-state index < -0.39 is 6.04 Å². The van der Waals surface area contributed by atoms with Gasteiger partial charge in [-0.2, -0.15) is 0 Å². The van der Waals surface area contributed by atoms with Crippen molar-refractivity contribution < 1.29 is 27.7 Å². The summed E-state index contributed by atoms with van der Waals surface area (Å²) >= 11 is 0. The first-order valence-electron chi connectivity index (χ1n) is 4.72. The zero-order valence-electron chi connectivity index (χ0n) is 8.43. The molecule has 6 nitrogen and oxygen atoms in total. The molecule has 5 N–H and O–H groups in total. The summed E-state index contributed by atoms with van der Waals surface area (Å²) in [5.74, 6) is -0.206. The van der Waals surface area contributed by atoms with Gasteiger partial charge in [0.25, 0.3) is 5.91 Å². The molecular formula is C9H13ClN4O2. The van der Waals surface area contributed by atoms with E-state index in [1.165, 1.54) is 0 Å².